The van der Waals surface area contributed by atoms with Crippen LogP contribution in [0.3, 0.4) is 0 Å². The van der Waals surface area contributed by atoms with Gasteiger partial charge in [-0.25, -0.2) is 9.59 Å². The van der Waals surface area contributed by atoms with Gasteiger partial charge in [0, 0.05) is 16.3 Å². The molecule has 0 fully saturated rings. The topological polar surface area (TPSA) is 84.5 Å². The summed E-state index contributed by atoms with van der Waals surface area (Å²) in [5.74, 6) is -1.22. The zero-order valence-corrected chi connectivity index (χ0v) is 12.7. The van der Waals surface area contributed by atoms with Gasteiger partial charge >= 0.3 is 12.0 Å². The zero-order valence-electron chi connectivity index (χ0n) is 11.9. The maximum absolute atomic E-state index is 11.9. The Morgan fingerprint density at radius 3 is 2.50 bits per heavy atom. The molecule has 0 aliphatic heterocycles. The van der Waals surface area contributed by atoms with Crippen molar-refractivity contribution in [1.82, 2.24) is 10.6 Å². The molecule has 1 aromatic rings. The van der Waals surface area contributed by atoms with Crippen LogP contribution in [0.25, 0.3) is 0 Å². The van der Waals surface area contributed by atoms with Crippen LogP contribution >= 0.6 is 11.3 Å². The minimum absolute atomic E-state index is 0.403. The maximum atomic E-state index is 11.9. The molecular weight excluding hydrogens is 280 g/mol. The van der Waals surface area contributed by atoms with Crippen molar-refractivity contribution in [2.24, 2.45) is 0 Å². The number of hydrogen-bond donors (Lipinski definition) is 2. The third-order valence-corrected chi connectivity index (χ3v) is 3.45. The summed E-state index contributed by atoms with van der Waals surface area (Å²) in [6.07, 6.45) is -1.04. The predicted molar refractivity (Wildman–Crippen MR) is 75.9 cm³/mol. The molecular formula is C13H18N2O4S. The number of carbonyl (C=O) groups excluding carboxylic acids is 3. The molecule has 1 rings (SSSR count). The van der Waals surface area contributed by atoms with Gasteiger partial charge in [0.05, 0.1) is 5.56 Å². The third kappa shape index (κ3) is 4.34. The first-order valence-corrected chi connectivity index (χ1v) is 7.03. The van der Waals surface area contributed by atoms with Crippen LogP contribution in [0.15, 0.2) is 6.07 Å². The van der Waals surface area contributed by atoms with E-state index in [0.717, 1.165) is 9.75 Å². The van der Waals surface area contributed by atoms with Gasteiger partial charge < -0.3 is 10.1 Å². The lowest BCUT2D eigenvalue weighted by Crippen LogP contribution is -2.44. The van der Waals surface area contributed by atoms with Crippen molar-refractivity contribution in [1.29, 1.82) is 0 Å². The van der Waals surface area contributed by atoms with Crippen molar-refractivity contribution >= 4 is 29.2 Å². The van der Waals surface area contributed by atoms with Gasteiger partial charge in [-0.2, -0.15) is 0 Å². The molecule has 0 radical (unpaired) electrons. The molecule has 7 heteroatoms. The average molecular weight is 298 g/mol. The molecule has 0 bridgehead atoms. The van der Waals surface area contributed by atoms with Crippen molar-refractivity contribution in [2.45, 2.75) is 33.8 Å². The Morgan fingerprint density at radius 1 is 1.35 bits per heavy atom. The number of carbonyl (C=O) groups is 3. The minimum atomic E-state index is -1.04. The van der Waals surface area contributed by atoms with Crippen LogP contribution < -0.4 is 10.6 Å². The Morgan fingerprint density at radius 2 is 2.00 bits per heavy atom. The molecule has 2 N–H and O–H groups in total. The van der Waals surface area contributed by atoms with Crippen LogP contribution in [0.5, 0.6) is 0 Å². The van der Waals surface area contributed by atoms with Gasteiger partial charge in [-0.15, -0.1) is 11.3 Å². The summed E-state index contributed by atoms with van der Waals surface area (Å²) >= 11 is 1.48. The summed E-state index contributed by atoms with van der Waals surface area (Å²) in [7, 11) is 0. The molecule has 0 spiro atoms. The number of urea groups is 1. The zero-order chi connectivity index (χ0) is 15.3. The van der Waals surface area contributed by atoms with Crippen molar-refractivity contribution in [3.8, 4) is 0 Å². The van der Waals surface area contributed by atoms with E-state index in [1.54, 1.807) is 13.0 Å². The number of rotatable bonds is 4. The molecule has 0 aliphatic rings. The Kier molecular flexibility index (Phi) is 5.69. The summed E-state index contributed by atoms with van der Waals surface area (Å²) in [5.41, 5.74) is 0.449. The number of ether oxygens (including phenoxy) is 1. The number of imide groups is 1. The first kappa shape index (κ1) is 16.2. The maximum Gasteiger partial charge on any atom is 0.340 e. The molecule has 110 valence electrons. The molecule has 1 atom stereocenters. The monoisotopic (exact) mass is 298 g/mol. The molecule has 6 nitrogen and oxygen atoms in total. The van der Waals surface area contributed by atoms with Gasteiger partial charge in [-0.05, 0) is 33.8 Å². The van der Waals surface area contributed by atoms with E-state index in [1.165, 1.54) is 18.3 Å². The average Bonchev–Trinajstić information content (AvgIpc) is 2.68. The highest BCUT2D eigenvalue weighted by Crippen LogP contribution is 2.21. The molecule has 0 aliphatic carbocycles. The van der Waals surface area contributed by atoms with Crippen LogP contribution in [-0.2, 0) is 9.53 Å². The Balaban J connectivity index is 2.59. The Labute approximate surface area is 121 Å². The standard InChI is InChI=1S/C13H18N2O4S/c1-5-14-13(18)15-11(16)8(3)19-12(17)10-6-7(2)20-9(10)4/h6,8H,5H2,1-4H3,(H2,14,15,16,18). The first-order chi connectivity index (χ1) is 9.35. The normalized spacial score (nSPS) is 11.6. The van der Waals surface area contributed by atoms with Crippen LogP contribution in [0.4, 0.5) is 4.79 Å². The highest BCUT2D eigenvalue weighted by Gasteiger charge is 2.22. The summed E-state index contributed by atoms with van der Waals surface area (Å²) in [6.45, 7) is 7.25. The van der Waals surface area contributed by atoms with Crippen molar-refractivity contribution < 1.29 is 19.1 Å². The van der Waals surface area contributed by atoms with Gasteiger partial charge in [-0.3, -0.25) is 10.1 Å². The molecule has 0 aromatic carbocycles. The second-order valence-electron chi connectivity index (χ2n) is 4.22. The molecule has 0 saturated heterocycles. The number of esters is 1. The first-order valence-electron chi connectivity index (χ1n) is 6.21. The fourth-order valence-electron chi connectivity index (χ4n) is 1.53. The Bertz CT molecular complexity index is 524. The van der Waals surface area contributed by atoms with E-state index >= 15 is 0 Å². The van der Waals surface area contributed by atoms with E-state index < -0.39 is 24.0 Å². The largest absolute Gasteiger partial charge is 0.449 e. The molecule has 1 heterocycles. The van der Waals surface area contributed by atoms with Crippen LogP contribution in [0.1, 0.15) is 34.0 Å². The number of nitrogens with one attached hydrogen (secondary N) is 2. The Hall–Kier alpha value is -1.89. The summed E-state index contributed by atoms with van der Waals surface area (Å²) in [4.78, 5) is 36.6. The van der Waals surface area contributed by atoms with E-state index in [-0.39, 0.29) is 0 Å². The van der Waals surface area contributed by atoms with Crippen molar-refractivity contribution in [3.05, 3.63) is 21.4 Å². The van der Waals surface area contributed by atoms with E-state index in [4.69, 9.17) is 4.74 Å². The highest BCUT2D eigenvalue weighted by molar-refractivity contribution is 7.12. The fourth-order valence-corrected chi connectivity index (χ4v) is 2.44. The highest BCUT2D eigenvalue weighted by atomic mass is 32.1. The van der Waals surface area contributed by atoms with Gasteiger partial charge in [0.25, 0.3) is 5.91 Å². The second-order valence-corrected chi connectivity index (χ2v) is 5.68. The molecule has 1 unspecified atom stereocenters. The summed E-state index contributed by atoms with van der Waals surface area (Å²) in [5, 5.41) is 4.51. The molecule has 1 aromatic heterocycles. The van der Waals surface area contributed by atoms with Gasteiger partial charge in [-0.1, -0.05) is 0 Å². The van der Waals surface area contributed by atoms with Gasteiger partial charge in [0.2, 0.25) is 0 Å². The van der Waals surface area contributed by atoms with Gasteiger partial charge in [0.15, 0.2) is 6.10 Å². The number of amides is 3. The van der Waals surface area contributed by atoms with Crippen LogP contribution in [0.2, 0.25) is 0 Å². The smallest absolute Gasteiger partial charge is 0.340 e. The third-order valence-electron chi connectivity index (χ3n) is 2.49. The number of hydrogen-bond acceptors (Lipinski definition) is 5. The molecule has 20 heavy (non-hydrogen) atoms. The van der Waals surface area contributed by atoms with Crippen molar-refractivity contribution in [2.75, 3.05) is 6.54 Å². The summed E-state index contributed by atoms with van der Waals surface area (Å²) < 4.78 is 5.05. The van der Waals surface area contributed by atoms with E-state index in [9.17, 15) is 14.4 Å². The molecule has 3 amide bonds. The van der Waals surface area contributed by atoms with E-state index in [0.29, 0.717) is 12.1 Å². The van der Waals surface area contributed by atoms with Gasteiger partial charge in [0.1, 0.15) is 0 Å². The number of thiophene rings is 1. The van der Waals surface area contributed by atoms with E-state index in [1.807, 2.05) is 13.8 Å². The summed E-state index contributed by atoms with van der Waals surface area (Å²) in [6, 6.07) is 1.11. The fraction of sp³-hybridized carbons (Fsp3) is 0.462. The molecule has 0 saturated carbocycles. The van der Waals surface area contributed by atoms with Crippen molar-refractivity contribution in [3.63, 3.8) is 0 Å². The second kappa shape index (κ2) is 7.04. The van der Waals surface area contributed by atoms with Crippen LogP contribution in [-0.4, -0.2) is 30.6 Å². The lowest BCUT2D eigenvalue weighted by molar-refractivity contribution is -0.127. The lowest BCUT2D eigenvalue weighted by atomic mass is 10.2. The van der Waals surface area contributed by atoms with Crippen LogP contribution in [0, 0.1) is 13.8 Å². The number of aryl methyl sites for hydroxylation is 2. The minimum Gasteiger partial charge on any atom is -0.449 e. The lowest BCUT2D eigenvalue weighted by Gasteiger charge is -2.12. The predicted octanol–water partition coefficient (Wildman–Crippen LogP) is 1.76. The SMILES string of the molecule is CCNC(=O)NC(=O)C(C)OC(=O)c1cc(C)sc1C. The quantitative estimate of drug-likeness (QED) is 0.829. The van der Waals surface area contributed by atoms with E-state index in [2.05, 4.69) is 10.6 Å².